The van der Waals surface area contributed by atoms with E-state index in [1.807, 2.05) is 0 Å². The molecule has 112 valence electrons. The fraction of sp³-hybridized carbons (Fsp3) is 0.381. The maximum atomic E-state index is 4.96. The Balaban J connectivity index is 1.88. The third kappa shape index (κ3) is 2.11. The number of rotatable bonds is 1. The lowest BCUT2D eigenvalue weighted by Crippen LogP contribution is -2.34. The van der Waals surface area contributed by atoms with Crippen LogP contribution in [0.3, 0.4) is 0 Å². The summed E-state index contributed by atoms with van der Waals surface area (Å²) in [6.45, 7) is 5.68. The van der Waals surface area contributed by atoms with Gasteiger partial charge in [0.05, 0.1) is 0 Å². The molecular formula is C21H23N. The molecule has 0 fully saturated rings. The van der Waals surface area contributed by atoms with Gasteiger partial charge in [0.15, 0.2) is 0 Å². The lowest BCUT2D eigenvalue weighted by Gasteiger charge is -2.39. The van der Waals surface area contributed by atoms with Crippen molar-refractivity contribution in [2.24, 2.45) is 16.3 Å². The van der Waals surface area contributed by atoms with Crippen molar-refractivity contribution >= 4 is 11.8 Å². The lowest BCUT2D eigenvalue weighted by molar-refractivity contribution is 0.435. The van der Waals surface area contributed by atoms with Crippen LogP contribution < -0.4 is 0 Å². The Bertz CT molecular complexity index is 715. The van der Waals surface area contributed by atoms with Crippen LogP contribution >= 0.6 is 0 Å². The van der Waals surface area contributed by atoms with Crippen molar-refractivity contribution in [1.82, 2.24) is 0 Å². The van der Waals surface area contributed by atoms with Crippen molar-refractivity contribution in [1.29, 1.82) is 0 Å². The van der Waals surface area contributed by atoms with Gasteiger partial charge in [-0.15, -0.1) is 0 Å². The van der Waals surface area contributed by atoms with Gasteiger partial charge in [-0.1, -0.05) is 62.4 Å². The molecule has 0 aromatic heterocycles. The van der Waals surface area contributed by atoms with Gasteiger partial charge in [0, 0.05) is 29.5 Å². The molecule has 4 rings (SSSR count). The molecule has 0 amide bonds. The van der Waals surface area contributed by atoms with Crippen LogP contribution in [0.5, 0.6) is 0 Å². The first-order valence-corrected chi connectivity index (χ1v) is 8.38. The molecule has 1 aromatic carbocycles. The Morgan fingerprint density at radius 2 is 1.82 bits per heavy atom. The zero-order chi connectivity index (χ0) is 15.2. The summed E-state index contributed by atoms with van der Waals surface area (Å²) in [5, 5.41) is 0. The molecule has 1 aliphatic heterocycles. The Labute approximate surface area is 133 Å². The standard InChI is InChI=1S/C21H23N/c1-21(2)12-7-13-22-20(21)19-14-15-8-3-4-9-16(15)17-10-5-6-11-18(17)19/h3-6,8-11,14,17-18H,7,12-13H2,1-2H3. The normalized spacial score (nSPS) is 28.5. The van der Waals surface area contributed by atoms with E-state index in [4.69, 9.17) is 4.99 Å². The molecule has 1 heteroatoms. The first-order valence-electron chi connectivity index (χ1n) is 8.38. The van der Waals surface area contributed by atoms with E-state index in [9.17, 15) is 0 Å². The van der Waals surface area contributed by atoms with E-state index in [0.717, 1.165) is 6.54 Å². The van der Waals surface area contributed by atoms with Crippen LogP contribution in [0.15, 0.2) is 59.1 Å². The number of aliphatic imine (C=N–C) groups is 1. The predicted octanol–water partition coefficient (Wildman–Crippen LogP) is 5.17. The number of benzene rings is 1. The average Bonchev–Trinajstić information content (AvgIpc) is 2.54. The average molecular weight is 289 g/mol. The first-order chi connectivity index (χ1) is 10.7. The maximum absolute atomic E-state index is 4.96. The first kappa shape index (κ1) is 13.8. The Morgan fingerprint density at radius 3 is 2.64 bits per heavy atom. The van der Waals surface area contributed by atoms with Gasteiger partial charge in [0.25, 0.3) is 0 Å². The molecule has 0 radical (unpaired) electrons. The van der Waals surface area contributed by atoms with Crippen LogP contribution in [0.2, 0.25) is 0 Å². The van der Waals surface area contributed by atoms with E-state index in [-0.39, 0.29) is 5.41 Å². The topological polar surface area (TPSA) is 12.4 Å². The SMILES string of the molecule is CC1(C)CCCN=C1C1=Cc2ccccc2C2C=CC=CC12. The second-order valence-electron chi connectivity index (χ2n) is 7.27. The fourth-order valence-corrected chi connectivity index (χ4v) is 4.16. The van der Waals surface area contributed by atoms with Gasteiger partial charge in [-0.05, 0) is 35.6 Å². The molecule has 2 unspecified atom stereocenters. The predicted molar refractivity (Wildman–Crippen MR) is 94.2 cm³/mol. The zero-order valence-corrected chi connectivity index (χ0v) is 13.4. The molecule has 0 N–H and O–H groups in total. The largest absolute Gasteiger partial charge is 0.289 e. The molecule has 0 bridgehead atoms. The minimum Gasteiger partial charge on any atom is -0.289 e. The second kappa shape index (κ2) is 5.08. The van der Waals surface area contributed by atoms with E-state index in [2.05, 4.69) is 68.5 Å². The van der Waals surface area contributed by atoms with Gasteiger partial charge in [0.2, 0.25) is 0 Å². The fourth-order valence-electron chi connectivity index (χ4n) is 4.16. The summed E-state index contributed by atoms with van der Waals surface area (Å²) in [7, 11) is 0. The minimum absolute atomic E-state index is 0.190. The molecule has 2 aliphatic carbocycles. The van der Waals surface area contributed by atoms with E-state index < -0.39 is 0 Å². The lowest BCUT2D eigenvalue weighted by atomic mass is 9.66. The number of nitrogens with zero attached hydrogens (tertiary/aromatic N) is 1. The molecule has 1 nitrogen and oxygen atoms in total. The molecule has 0 saturated heterocycles. The minimum atomic E-state index is 0.190. The van der Waals surface area contributed by atoms with Crippen molar-refractivity contribution in [3.05, 3.63) is 65.3 Å². The Hall–Kier alpha value is -1.89. The van der Waals surface area contributed by atoms with Crippen molar-refractivity contribution in [2.45, 2.75) is 32.6 Å². The van der Waals surface area contributed by atoms with Gasteiger partial charge < -0.3 is 0 Å². The summed E-state index contributed by atoms with van der Waals surface area (Å²) < 4.78 is 0. The highest BCUT2D eigenvalue weighted by Gasteiger charge is 2.37. The van der Waals surface area contributed by atoms with Crippen LogP contribution in [0, 0.1) is 11.3 Å². The Kier molecular flexibility index (Phi) is 3.18. The number of allylic oxidation sites excluding steroid dienone is 5. The van der Waals surface area contributed by atoms with Crippen LogP contribution in [-0.4, -0.2) is 12.3 Å². The smallest absolute Gasteiger partial charge is 0.0442 e. The third-order valence-corrected chi connectivity index (χ3v) is 5.30. The van der Waals surface area contributed by atoms with Gasteiger partial charge in [-0.3, -0.25) is 4.99 Å². The highest BCUT2D eigenvalue weighted by Crippen LogP contribution is 2.45. The summed E-state index contributed by atoms with van der Waals surface area (Å²) in [6, 6.07) is 8.82. The van der Waals surface area contributed by atoms with E-state index in [0.29, 0.717) is 11.8 Å². The van der Waals surface area contributed by atoms with Gasteiger partial charge >= 0.3 is 0 Å². The molecule has 0 spiro atoms. The molecular weight excluding hydrogens is 266 g/mol. The Morgan fingerprint density at radius 1 is 1.05 bits per heavy atom. The summed E-state index contributed by atoms with van der Waals surface area (Å²) >= 11 is 0. The molecule has 0 saturated carbocycles. The number of hydrogen-bond donors (Lipinski definition) is 0. The van der Waals surface area contributed by atoms with Crippen molar-refractivity contribution in [3.63, 3.8) is 0 Å². The highest BCUT2D eigenvalue weighted by molar-refractivity contribution is 6.09. The van der Waals surface area contributed by atoms with Crippen molar-refractivity contribution in [3.8, 4) is 0 Å². The molecule has 3 aliphatic rings. The summed E-state index contributed by atoms with van der Waals surface area (Å²) in [4.78, 5) is 4.96. The summed E-state index contributed by atoms with van der Waals surface area (Å²) in [5.74, 6) is 0.901. The number of hydrogen-bond acceptors (Lipinski definition) is 1. The second-order valence-corrected chi connectivity index (χ2v) is 7.27. The van der Waals surface area contributed by atoms with Crippen molar-refractivity contribution < 1.29 is 0 Å². The molecule has 22 heavy (non-hydrogen) atoms. The highest BCUT2D eigenvalue weighted by atomic mass is 14.8. The number of fused-ring (bicyclic) bond motifs is 3. The van der Waals surface area contributed by atoms with Gasteiger partial charge in [-0.25, -0.2) is 0 Å². The van der Waals surface area contributed by atoms with Crippen LogP contribution in [-0.2, 0) is 0 Å². The molecule has 2 atom stereocenters. The van der Waals surface area contributed by atoms with E-state index >= 15 is 0 Å². The molecule has 1 heterocycles. The molecule has 1 aromatic rings. The maximum Gasteiger partial charge on any atom is 0.0442 e. The van der Waals surface area contributed by atoms with Crippen LogP contribution in [0.4, 0.5) is 0 Å². The van der Waals surface area contributed by atoms with Gasteiger partial charge in [-0.2, -0.15) is 0 Å². The summed E-state index contributed by atoms with van der Waals surface area (Å²) in [6.07, 6.45) is 13.9. The van der Waals surface area contributed by atoms with Crippen LogP contribution in [0.25, 0.3) is 6.08 Å². The van der Waals surface area contributed by atoms with Crippen LogP contribution in [0.1, 0.15) is 43.7 Å². The summed E-state index contributed by atoms with van der Waals surface area (Å²) in [5.41, 5.74) is 5.78. The third-order valence-electron chi connectivity index (χ3n) is 5.30. The quantitative estimate of drug-likeness (QED) is 0.676. The van der Waals surface area contributed by atoms with Crippen molar-refractivity contribution in [2.75, 3.05) is 6.54 Å². The zero-order valence-electron chi connectivity index (χ0n) is 13.4. The van der Waals surface area contributed by atoms with E-state index in [1.165, 1.54) is 35.3 Å². The van der Waals surface area contributed by atoms with E-state index in [1.54, 1.807) is 0 Å². The monoisotopic (exact) mass is 289 g/mol. The van der Waals surface area contributed by atoms with Gasteiger partial charge in [0.1, 0.15) is 0 Å².